The van der Waals surface area contributed by atoms with Crippen LogP contribution in [0.5, 0.6) is 0 Å². The van der Waals surface area contributed by atoms with Crippen molar-refractivity contribution in [2.24, 2.45) is 10.2 Å². The van der Waals surface area contributed by atoms with Crippen LogP contribution in [-0.2, 0) is 11.3 Å². The Balaban J connectivity index is 1.34. The van der Waals surface area contributed by atoms with Gasteiger partial charge in [0.2, 0.25) is 5.91 Å². The fourth-order valence-electron chi connectivity index (χ4n) is 3.31. The topological polar surface area (TPSA) is 71.6 Å². The molecule has 1 aliphatic heterocycles. The lowest BCUT2D eigenvalue weighted by molar-refractivity contribution is -0.116. The zero-order valence-electron chi connectivity index (χ0n) is 15.5. The zero-order chi connectivity index (χ0) is 19.4. The third kappa shape index (κ3) is 4.09. The fraction of sp³-hybridized carbons (Fsp3) is 0.273. The number of nitrogens with zero attached hydrogens (tertiary/aromatic N) is 4. The summed E-state index contributed by atoms with van der Waals surface area (Å²) in [5, 5.41) is 17.8. The predicted molar refractivity (Wildman–Crippen MR) is 109 cm³/mol. The van der Waals surface area contributed by atoms with Gasteiger partial charge in [-0.1, -0.05) is 42.5 Å². The van der Waals surface area contributed by atoms with Crippen LogP contribution in [0.1, 0.15) is 31.2 Å². The minimum atomic E-state index is -0.433. The largest absolute Gasteiger partial charge is 0.309 e. The Bertz CT molecular complexity index is 1060. The van der Waals surface area contributed by atoms with Crippen LogP contribution in [0.4, 0.5) is 5.82 Å². The van der Waals surface area contributed by atoms with Gasteiger partial charge in [0.1, 0.15) is 0 Å². The number of terminal acetylenes is 1. The maximum Gasteiger partial charge on any atom is 0.225 e. The van der Waals surface area contributed by atoms with Crippen molar-refractivity contribution in [1.82, 2.24) is 9.78 Å². The van der Waals surface area contributed by atoms with E-state index in [1.807, 2.05) is 35.1 Å². The summed E-state index contributed by atoms with van der Waals surface area (Å²) in [6, 6.07) is 16.3. The number of amides is 1. The number of anilines is 1. The van der Waals surface area contributed by atoms with Gasteiger partial charge in [0.15, 0.2) is 11.5 Å². The molecule has 140 valence electrons. The number of nitrogens with one attached hydrogen (secondary N) is 1. The van der Waals surface area contributed by atoms with Gasteiger partial charge in [-0.3, -0.25) is 9.48 Å². The van der Waals surface area contributed by atoms with Crippen molar-refractivity contribution >= 4 is 22.5 Å². The number of hydrogen-bond acceptors (Lipinski definition) is 4. The molecular formula is C22H21N5O. The van der Waals surface area contributed by atoms with E-state index in [9.17, 15) is 4.79 Å². The molecule has 1 aliphatic rings. The first kappa shape index (κ1) is 17.9. The van der Waals surface area contributed by atoms with E-state index in [2.05, 4.69) is 50.8 Å². The van der Waals surface area contributed by atoms with Crippen molar-refractivity contribution in [2.75, 3.05) is 5.32 Å². The second-order valence-corrected chi connectivity index (χ2v) is 6.97. The number of rotatable bonds is 8. The molecule has 2 aromatic carbocycles. The average Bonchev–Trinajstić information content (AvgIpc) is 3.36. The summed E-state index contributed by atoms with van der Waals surface area (Å²) in [4.78, 5) is 12.2. The first-order valence-corrected chi connectivity index (χ1v) is 9.35. The van der Waals surface area contributed by atoms with Crippen molar-refractivity contribution < 1.29 is 4.79 Å². The van der Waals surface area contributed by atoms with E-state index in [4.69, 9.17) is 6.42 Å². The van der Waals surface area contributed by atoms with Gasteiger partial charge in [-0.05, 0) is 16.3 Å². The lowest BCUT2D eigenvalue weighted by atomic mass is 10.0. The standard InChI is InChI=1S/C22H21N5O/c1-2-3-13-22(25-26-22)14-11-21(28)23-20-12-15-27(24-20)16-18-9-6-8-17-7-4-5-10-19(17)18/h1,4-10,12,15H,3,11,13-14,16H2,(H,23,24,28). The maximum absolute atomic E-state index is 12.2. The Morgan fingerprint density at radius 2 is 1.93 bits per heavy atom. The van der Waals surface area contributed by atoms with Crippen LogP contribution >= 0.6 is 0 Å². The maximum atomic E-state index is 12.2. The number of fused-ring (bicyclic) bond motifs is 1. The second kappa shape index (κ2) is 7.65. The Morgan fingerprint density at radius 3 is 2.75 bits per heavy atom. The number of benzene rings is 2. The lowest BCUT2D eigenvalue weighted by Gasteiger charge is -2.08. The summed E-state index contributed by atoms with van der Waals surface area (Å²) in [6.07, 6.45) is 9.40. The summed E-state index contributed by atoms with van der Waals surface area (Å²) in [5.74, 6) is 3.05. The quantitative estimate of drug-likeness (QED) is 0.597. The molecule has 6 nitrogen and oxygen atoms in total. The molecule has 6 heteroatoms. The first-order valence-electron chi connectivity index (χ1n) is 9.35. The van der Waals surface area contributed by atoms with Gasteiger partial charge in [0.05, 0.1) is 6.54 Å². The molecular weight excluding hydrogens is 350 g/mol. The van der Waals surface area contributed by atoms with E-state index in [0.29, 0.717) is 38.0 Å². The Hall–Kier alpha value is -3.46. The van der Waals surface area contributed by atoms with Crippen LogP contribution in [0.25, 0.3) is 10.8 Å². The molecule has 28 heavy (non-hydrogen) atoms. The number of carbonyl (C=O) groups is 1. The summed E-state index contributed by atoms with van der Waals surface area (Å²) in [6.45, 7) is 0.643. The molecule has 0 radical (unpaired) electrons. The third-order valence-corrected chi connectivity index (χ3v) is 4.93. The number of hydrogen-bond donors (Lipinski definition) is 1. The third-order valence-electron chi connectivity index (χ3n) is 4.93. The average molecular weight is 371 g/mol. The molecule has 1 N–H and O–H groups in total. The van der Waals surface area contributed by atoms with E-state index in [0.717, 1.165) is 0 Å². The molecule has 0 aliphatic carbocycles. The monoisotopic (exact) mass is 371 g/mol. The van der Waals surface area contributed by atoms with Gasteiger partial charge in [-0.2, -0.15) is 15.3 Å². The summed E-state index contributed by atoms with van der Waals surface area (Å²) >= 11 is 0. The molecule has 0 atom stereocenters. The van der Waals surface area contributed by atoms with Crippen molar-refractivity contribution in [3.63, 3.8) is 0 Å². The molecule has 0 unspecified atom stereocenters. The highest BCUT2D eigenvalue weighted by atomic mass is 16.1. The van der Waals surface area contributed by atoms with E-state index in [-0.39, 0.29) is 5.91 Å². The van der Waals surface area contributed by atoms with Crippen LogP contribution in [0.2, 0.25) is 0 Å². The highest BCUT2D eigenvalue weighted by Gasteiger charge is 2.39. The van der Waals surface area contributed by atoms with E-state index in [1.165, 1.54) is 16.3 Å². The van der Waals surface area contributed by atoms with Crippen LogP contribution in [0.3, 0.4) is 0 Å². The van der Waals surface area contributed by atoms with Crippen molar-refractivity contribution in [2.45, 2.75) is 37.9 Å². The zero-order valence-corrected chi connectivity index (χ0v) is 15.5. The Kier molecular flexibility index (Phi) is 4.90. The van der Waals surface area contributed by atoms with E-state index in [1.54, 1.807) is 0 Å². The molecule has 0 saturated carbocycles. The molecule has 3 aromatic rings. The summed E-state index contributed by atoms with van der Waals surface area (Å²) in [7, 11) is 0. The molecule has 1 amide bonds. The molecule has 2 heterocycles. The minimum Gasteiger partial charge on any atom is -0.309 e. The fourth-order valence-corrected chi connectivity index (χ4v) is 3.31. The van der Waals surface area contributed by atoms with Gasteiger partial charge in [-0.15, -0.1) is 12.3 Å². The molecule has 0 fully saturated rings. The Morgan fingerprint density at radius 1 is 1.11 bits per heavy atom. The van der Waals surface area contributed by atoms with Gasteiger partial charge in [0, 0.05) is 37.9 Å². The molecule has 0 spiro atoms. The smallest absolute Gasteiger partial charge is 0.225 e. The molecule has 0 saturated heterocycles. The highest BCUT2D eigenvalue weighted by Crippen LogP contribution is 2.37. The number of aromatic nitrogens is 2. The molecule has 0 bridgehead atoms. The molecule has 4 rings (SSSR count). The SMILES string of the molecule is C#CCCC1(CCC(=O)Nc2ccn(Cc3cccc4ccccc34)n2)N=N1. The van der Waals surface area contributed by atoms with E-state index < -0.39 is 5.66 Å². The first-order chi connectivity index (χ1) is 13.7. The van der Waals surface area contributed by atoms with Crippen LogP contribution in [0, 0.1) is 12.3 Å². The minimum absolute atomic E-state index is 0.0900. The summed E-state index contributed by atoms with van der Waals surface area (Å²) in [5.41, 5.74) is 0.753. The lowest BCUT2D eigenvalue weighted by Crippen LogP contribution is -2.18. The summed E-state index contributed by atoms with van der Waals surface area (Å²) < 4.78 is 1.83. The van der Waals surface area contributed by atoms with Crippen molar-refractivity contribution in [3.8, 4) is 12.3 Å². The van der Waals surface area contributed by atoms with Crippen LogP contribution in [0.15, 0.2) is 65.0 Å². The van der Waals surface area contributed by atoms with Crippen LogP contribution in [-0.4, -0.2) is 21.4 Å². The predicted octanol–water partition coefficient (Wildman–Crippen LogP) is 4.38. The Labute approximate surface area is 163 Å². The molecule has 1 aromatic heterocycles. The second-order valence-electron chi connectivity index (χ2n) is 6.97. The normalized spacial score (nSPS) is 14.0. The highest BCUT2D eigenvalue weighted by molar-refractivity contribution is 5.89. The van der Waals surface area contributed by atoms with Gasteiger partial charge in [-0.25, -0.2) is 0 Å². The van der Waals surface area contributed by atoms with Crippen molar-refractivity contribution in [1.29, 1.82) is 0 Å². The van der Waals surface area contributed by atoms with Crippen molar-refractivity contribution in [3.05, 3.63) is 60.3 Å². The van der Waals surface area contributed by atoms with Gasteiger partial charge < -0.3 is 5.32 Å². The van der Waals surface area contributed by atoms with Crippen LogP contribution < -0.4 is 5.32 Å². The number of carbonyl (C=O) groups excluding carboxylic acids is 1. The van der Waals surface area contributed by atoms with Gasteiger partial charge >= 0.3 is 0 Å². The van der Waals surface area contributed by atoms with Gasteiger partial charge in [0.25, 0.3) is 0 Å². The van der Waals surface area contributed by atoms with E-state index >= 15 is 0 Å².